The van der Waals surface area contributed by atoms with Gasteiger partial charge in [0, 0.05) is 14.1 Å². The van der Waals surface area contributed by atoms with Crippen LogP contribution in [0.2, 0.25) is 0 Å². The van der Waals surface area contributed by atoms with Gasteiger partial charge in [0.15, 0.2) is 5.82 Å². The van der Waals surface area contributed by atoms with Crippen molar-refractivity contribution in [3.63, 3.8) is 0 Å². The molecule has 2 aliphatic rings. The summed E-state index contributed by atoms with van der Waals surface area (Å²) in [6, 6.07) is 0.409. The SMILES string of the molecule is CNc1nnc(C2NCC3CCCC32)n1C. The van der Waals surface area contributed by atoms with Gasteiger partial charge in [-0.05, 0) is 31.2 Å². The highest BCUT2D eigenvalue weighted by Gasteiger charge is 2.41. The highest BCUT2D eigenvalue weighted by Crippen LogP contribution is 2.43. The Bertz CT molecular complexity index is 386. The van der Waals surface area contributed by atoms with E-state index in [0.29, 0.717) is 6.04 Å². The number of hydrogen-bond acceptors (Lipinski definition) is 4. The molecule has 1 aromatic heterocycles. The van der Waals surface area contributed by atoms with E-state index in [2.05, 4.69) is 25.4 Å². The first kappa shape index (κ1) is 10.1. The van der Waals surface area contributed by atoms with E-state index in [1.54, 1.807) is 0 Å². The summed E-state index contributed by atoms with van der Waals surface area (Å²) in [6.45, 7) is 1.15. The number of nitrogens with zero attached hydrogens (tertiary/aromatic N) is 3. The topological polar surface area (TPSA) is 54.8 Å². The third-order valence-electron chi connectivity index (χ3n) is 4.16. The van der Waals surface area contributed by atoms with Crippen LogP contribution in [-0.4, -0.2) is 28.4 Å². The molecule has 2 heterocycles. The monoisotopic (exact) mass is 221 g/mol. The van der Waals surface area contributed by atoms with E-state index in [1.807, 2.05) is 14.1 Å². The van der Waals surface area contributed by atoms with Crippen LogP contribution in [0.4, 0.5) is 5.95 Å². The molecule has 0 amide bonds. The third-order valence-corrected chi connectivity index (χ3v) is 4.16. The van der Waals surface area contributed by atoms with Gasteiger partial charge in [0.25, 0.3) is 0 Å². The molecule has 2 fully saturated rings. The summed E-state index contributed by atoms with van der Waals surface area (Å²) in [5, 5.41) is 15.1. The summed E-state index contributed by atoms with van der Waals surface area (Å²) >= 11 is 0. The molecule has 1 aromatic rings. The smallest absolute Gasteiger partial charge is 0.224 e. The Labute approximate surface area is 95.6 Å². The Balaban J connectivity index is 1.89. The Morgan fingerprint density at radius 1 is 1.38 bits per heavy atom. The van der Waals surface area contributed by atoms with Gasteiger partial charge in [-0.3, -0.25) is 4.57 Å². The molecule has 5 nitrogen and oxygen atoms in total. The zero-order valence-electron chi connectivity index (χ0n) is 9.90. The normalized spacial score (nSPS) is 33.0. The molecule has 0 aromatic carbocycles. The van der Waals surface area contributed by atoms with Gasteiger partial charge in [0.2, 0.25) is 5.95 Å². The molecular formula is C11H19N5. The average molecular weight is 221 g/mol. The van der Waals surface area contributed by atoms with Gasteiger partial charge in [0.05, 0.1) is 6.04 Å². The fourth-order valence-electron chi connectivity index (χ4n) is 3.30. The van der Waals surface area contributed by atoms with Crippen molar-refractivity contribution in [2.45, 2.75) is 25.3 Å². The van der Waals surface area contributed by atoms with Crippen LogP contribution in [0.3, 0.4) is 0 Å². The summed E-state index contributed by atoms with van der Waals surface area (Å²) in [4.78, 5) is 0. The van der Waals surface area contributed by atoms with Crippen molar-refractivity contribution in [2.24, 2.45) is 18.9 Å². The Kier molecular flexibility index (Phi) is 2.35. The molecule has 3 atom stereocenters. The van der Waals surface area contributed by atoms with Crippen LogP contribution in [0, 0.1) is 11.8 Å². The van der Waals surface area contributed by atoms with Crippen molar-refractivity contribution < 1.29 is 0 Å². The van der Waals surface area contributed by atoms with Gasteiger partial charge < -0.3 is 10.6 Å². The van der Waals surface area contributed by atoms with Crippen molar-refractivity contribution in [3.05, 3.63) is 5.82 Å². The first-order valence-corrected chi connectivity index (χ1v) is 6.11. The lowest BCUT2D eigenvalue weighted by Crippen LogP contribution is -2.21. The number of fused-ring (bicyclic) bond motifs is 1. The minimum Gasteiger partial charge on any atom is -0.357 e. The van der Waals surface area contributed by atoms with E-state index in [1.165, 1.54) is 19.3 Å². The van der Waals surface area contributed by atoms with Gasteiger partial charge in [-0.25, -0.2) is 0 Å². The van der Waals surface area contributed by atoms with Gasteiger partial charge in [-0.2, -0.15) is 0 Å². The quantitative estimate of drug-likeness (QED) is 0.779. The standard InChI is InChI=1S/C11H19N5/c1-12-11-15-14-10(16(11)2)9-8-5-3-4-7(8)6-13-9/h7-9,13H,3-6H2,1-2H3,(H,12,15). The predicted octanol–water partition coefficient (Wildman–Crippen LogP) is 0.917. The number of hydrogen-bond donors (Lipinski definition) is 2. The summed E-state index contributed by atoms with van der Waals surface area (Å²) in [6.07, 6.45) is 4.10. The minimum atomic E-state index is 0.409. The van der Waals surface area contributed by atoms with Crippen molar-refractivity contribution in [1.29, 1.82) is 0 Å². The number of nitrogens with one attached hydrogen (secondary N) is 2. The first-order valence-electron chi connectivity index (χ1n) is 6.11. The zero-order valence-corrected chi connectivity index (χ0v) is 9.90. The summed E-state index contributed by atoms with van der Waals surface area (Å²) < 4.78 is 2.07. The maximum Gasteiger partial charge on any atom is 0.224 e. The number of aromatic nitrogens is 3. The van der Waals surface area contributed by atoms with E-state index in [0.717, 1.165) is 30.2 Å². The average Bonchev–Trinajstić information content (AvgIpc) is 2.92. The number of rotatable bonds is 2. The van der Waals surface area contributed by atoms with Crippen molar-refractivity contribution in [3.8, 4) is 0 Å². The van der Waals surface area contributed by atoms with Gasteiger partial charge in [0.1, 0.15) is 0 Å². The van der Waals surface area contributed by atoms with Crippen molar-refractivity contribution in [1.82, 2.24) is 20.1 Å². The molecule has 16 heavy (non-hydrogen) atoms. The molecule has 0 bridgehead atoms. The van der Waals surface area contributed by atoms with E-state index in [9.17, 15) is 0 Å². The summed E-state index contributed by atoms with van der Waals surface area (Å²) in [5.74, 6) is 3.56. The molecule has 3 rings (SSSR count). The van der Waals surface area contributed by atoms with Gasteiger partial charge in [-0.1, -0.05) is 6.42 Å². The number of anilines is 1. The van der Waals surface area contributed by atoms with E-state index >= 15 is 0 Å². The van der Waals surface area contributed by atoms with Crippen LogP contribution in [0.1, 0.15) is 31.1 Å². The second kappa shape index (κ2) is 3.73. The summed E-state index contributed by atoms with van der Waals surface area (Å²) in [5.41, 5.74) is 0. The molecule has 1 saturated heterocycles. The second-order valence-electron chi connectivity index (χ2n) is 4.93. The van der Waals surface area contributed by atoms with Crippen LogP contribution >= 0.6 is 0 Å². The molecule has 0 spiro atoms. The van der Waals surface area contributed by atoms with Crippen LogP contribution < -0.4 is 10.6 Å². The molecule has 88 valence electrons. The minimum absolute atomic E-state index is 0.409. The lowest BCUT2D eigenvalue weighted by atomic mass is 9.94. The molecule has 2 N–H and O–H groups in total. The highest BCUT2D eigenvalue weighted by molar-refractivity contribution is 5.25. The third kappa shape index (κ3) is 1.34. The van der Waals surface area contributed by atoms with Crippen molar-refractivity contribution in [2.75, 3.05) is 18.9 Å². The van der Waals surface area contributed by atoms with Crippen LogP contribution in [0.15, 0.2) is 0 Å². The molecule has 1 aliphatic carbocycles. The Morgan fingerprint density at radius 2 is 2.25 bits per heavy atom. The first-order chi connectivity index (χ1) is 7.81. The largest absolute Gasteiger partial charge is 0.357 e. The lowest BCUT2D eigenvalue weighted by Gasteiger charge is -2.17. The molecule has 1 aliphatic heterocycles. The second-order valence-corrected chi connectivity index (χ2v) is 4.93. The Hall–Kier alpha value is -1.10. The molecular weight excluding hydrogens is 202 g/mol. The summed E-state index contributed by atoms with van der Waals surface area (Å²) in [7, 11) is 3.92. The molecule has 5 heteroatoms. The highest BCUT2D eigenvalue weighted by atomic mass is 15.4. The zero-order chi connectivity index (χ0) is 11.1. The lowest BCUT2D eigenvalue weighted by molar-refractivity contribution is 0.400. The molecule has 1 saturated carbocycles. The Morgan fingerprint density at radius 3 is 3.00 bits per heavy atom. The van der Waals surface area contributed by atoms with Crippen molar-refractivity contribution >= 4 is 5.95 Å². The molecule has 0 radical (unpaired) electrons. The maximum atomic E-state index is 4.32. The van der Waals surface area contributed by atoms with E-state index in [4.69, 9.17) is 0 Å². The maximum absolute atomic E-state index is 4.32. The van der Waals surface area contributed by atoms with E-state index in [-0.39, 0.29) is 0 Å². The van der Waals surface area contributed by atoms with Gasteiger partial charge in [-0.15, -0.1) is 10.2 Å². The molecule has 3 unspecified atom stereocenters. The van der Waals surface area contributed by atoms with E-state index < -0.39 is 0 Å². The van der Waals surface area contributed by atoms with Crippen LogP contribution in [-0.2, 0) is 7.05 Å². The fraction of sp³-hybridized carbons (Fsp3) is 0.818. The predicted molar refractivity (Wildman–Crippen MR) is 62.1 cm³/mol. The fourth-order valence-corrected chi connectivity index (χ4v) is 3.30. The van der Waals surface area contributed by atoms with Gasteiger partial charge >= 0.3 is 0 Å². The van der Waals surface area contributed by atoms with Crippen LogP contribution in [0.25, 0.3) is 0 Å². The van der Waals surface area contributed by atoms with Crippen LogP contribution in [0.5, 0.6) is 0 Å².